The van der Waals surface area contributed by atoms with E-state index < -0.39 is 10.0 Å². The minimum Gasteiger partial charge on any atom is -0.326 e. The summed E-state index contributed by atoms with van der Waals surface area (Å²) in [6.07, 6.45) is 5.12. The van der Waals surface area contributed by atoms with Crippen LogP contribution in [-0.2, 0) is 14.8 Å². The first-order chi connectivity index (χ1) is 12.4. The summed E-state index contributed by atoms with van der Waals surface area (Å²) in [4.78, 5) is 12.5. The van der Waals surface area contributed by atoms with Gasteiger partial charge in [-0.25, -0.2) is 8.42 Å². The molecule has 0 saturated heterocycles. The second kappa shape index (κ2) is 8.22. The number of benzene rings is 2. The summed E-state index contributed by atoms with van der Waals surface area (Å²) in [5, 5.41) is 2.86. The van der Waals surface area contributed by atoms with Crippen LogP contribution in [0.4, 0.5) is 11.4 Å². The molecule has 1 aliphatic carbocycles. The van der Waals surface area contributed by atoms with E-state index in [4.69, 9.17) is 0 Å². The van der Waals surface area contributed by atoms with Crippen LogP contribution in [0, 0.1) is 5.92 Å². The third-order valence-corrected chi connectivity index (χ3v) is 6.39. The van der Waals surface area contributed by atoms with Crippen LogP contribution in [0.3, 0.4) is 0 Å². The van der Waals surface area contributed by atoms with Gasteiger partial charge in [0.2, 0.25) is 5.91 Å². The number of anilines is 2. The summed E-state index contributed by atoms with van der Waals surface area (Å²) in [5.41, 5.74) is 0.976. The molecule has 138 valence electrons. The molecule has 0 unspecified atom stereocenters. The third-order valence-electron chi connectivity index (χ3n) is 4.48. The van der Waals surface area contributed by atoms with Gasteiger partial charge >= 0.3 is 0 Å². The highest BCUT2D eigenvalue weighted by Crippen LogP contribution is 2.26. The summed E-state index contributed by atoms with van der Waals surface area (Å²) in [6.45, 7) is 0. The molecule has 1 amide bonds. The molecule has 0 spiro atoms. The largest absolute Gasteiger partial charge is 0.326 e. The monoisotopic (exact) mass is 436 g/mol. The van der Waals surface area contributed by atoms with E-state index >= 15 is 0 Å². The molecule has 2 N–H and O–H groups in total. The second-order valence-corrected chi connectivity index (χ2v) is 9.06. The molecule has 0 bridgehead atoms. The molecule has 0 aliphatic heterocycles. The minimum absolute atomic E-state index is 0.0184. The molecule has 0 radical (unpaired) electrons. The number of carbonyl (C=O) groups is 1. The molecule has 1 aliphatic rings. The van der Waals surface area contributed by atoms with Crippen molar-refractivity contribution in [3.63, 3.8) is 0 Å². The van der Waals surface area contributed by atoms with Crippen molar-refractivity contribution in [2.75, 3.05) is 10.0 Å². The molecular weight excluding hydrogens is 416 g/mol. The van der Waals surface area contributed by atoms with Crippen molar-refractivity contribution in [3.05, 3.63) is 53.0 Å². The molecule has 2 aromatic carbocycles. The predicted molar refractivity (Wildman–Crippen MR) is 107 cm³/mol. The number of hydrogen-bond acceptors (Lipinski definition) is 3. The van der Waals surface area contributed by atoms with Gasteiger partial charge in [0.25, 0.3) is 10.0 Å². The highest BCUT2D eigenvalue weighted by molar-refractivity contribution is 9.10. The molecular formula is C19H21BrN2O3S. The number of sulfonamides is 1. The van der Waals surface area contributed by atoms with Gasteiger partial charge in [0, 0.05) is 21.8 Å². The minimum atomic E-state index is -3.73. The Morgan fingerprint density at radius 2 is 1.65 bits per heavy atom. The summed E-state index contributed by atoms with van der Waals surface area (Å²) in [5.74, 6) is -0.00924. The Labute approximate surface area is 162 Å². The van der Waals surface area contributed by atoms with Gasteiger partial charge in [-0.05, 0) is 55.3 Å². The zero-order chi connectivity index (χ0) is 18.6. The first-order valence-electron chi connectivity index (χ1n) is 8.63. The average Bonchev–Trinajstić information content (AvgIpc) is 2.64. The number of hydrogen-bond donors (Lipinski definition) is 2. The van der Waals surface area contributed by atoms with Crippen LogP contribution in [-0.4, -0.2) is 14.3 Å². The molecule has 26 heavy (non-hydrogen) atoms. The first kappa shape index (κ1) is 18.9. The number of rotatable bonds is 5. The van der Waals surface area contributed by atoms with E-state index in [1.54, 1.807) is 36.4 Å². The molecule has 0 heterocycles. The lowest BCUT2D eigenvalue weighted by Crippen LogP contribution is -2.24. The Hall–Kier alpha value is -1.86. The van der Waals surface area contributed by atoms with Crippen molar-refractivity contribution in [1.29, 1.82) is 0 Å². The van der Waals surface area contributed by atoms with E-state index in [-0.39, 0.29) is 16.7 Å². The molecule has 1 saturated carbocycles. The quantitative estimate of drug-likeness (QED) is 0.708. The highest BCUT2D eigenvalue weighted by atomic mass is 79.9. The van der Waals surface area contributed by atoms with Gasteiger partial charge in [0.15, 0.2) is 0 Å². The van der Waals surface area contributed by atoms with Crippen molar-refractivity contribution in [2.24, 2.45) is 5.92 Å². The lowest BCUT2D eigenvalue weighted by atomic mass is 9.88. The molecule has 0 atom stereocenters. The lowest BCUT2D eigenvalue weighted by molar-refractivity contribution is -0.120. The second-order valence-electron chi connectivity index (χ2n) is 6.46. The molecule has 1 fully saturated rings. The topological polar surface area (TPSA) is 75.3 Å². The Morgan fingerprint density at radius 1 is 0.962 bits per heavy atom. The first-order valence-corrected chi connectivity index (χ1v) is 10.9. The SMILES string of the molecule is O=C(Nc1cccc(S(=O)(=O)Nc2ccc(Br)cc2)c1)C1CCCCC1. The predicted octanol–water partition coefficient (Wildman–Crippen LogP) is 4.77. The summed E-state index contributed by atoms with van der Waals surface area (Å²) in [6, 6.07) is 13.2. The van der Waals surface area contributed by atoms with Crippen molar-refractivity contribution in [2.45, 2.75) is 37.0 Å². The van der Waals surface area contributed by atoms with E-state index in [1.165, 1.54) is 18.6 Å². The highest BCUT2D eigenvalue weighted by Gasteiger charge is 2.22. The van der Waals surface area contributed by atoms with E-state index in [0.717, 1.165) is 30.2 Å². The molecule has 2 aromatic rings. The summed E-state index contributed by atoms with van der Waals surface area (Å²) < 4.78 is 28.6. The van der Waals surface area contributed by atoms with E-state index in [1.807, 2.05) is 0 Å². The number of amides is 1. The Kier molecular flexibility index (Phi) is 5.98. The van der Waals surface area contributed by atoms with Crippen LogP contribution in [0.1, 0.15) is 32.1 Å². The number of nitrogens with one attached hydrogen (secondary N) is 2. The Morgan fingerprint density at radius 3 is 2.35 bits per heavy atom. The average molecular weight is 437 g/mol. The van der Waals surface area contributed by atoms with Gasteiger partial charge in [-0.1, -0.05) is 41.3 Å². The molecule has 0 aromatic heterocycles. The van der Waals surface area contributed by atoms with Gasteiger partial charge < -0.3 is 5.32 Å². The van der Waals surface area contributed by atoms with Crippen molar-refractivity contribution in [3.8, 4) is 0 Å². The fourth-order valence-electron chi connectivity index (χ4n) is 3.08. The van der Waals surface area contributed by atoms with Gasteiger partial charge in [-0.3, -0.25) is 9.52 Å². The Balaban J connectivity index is 1.73. The fraction of sp³-hybridized carbons (Fsp3) is 0.316. The van der Waals surface area contributed by atoms with Crippen molar-refractivity contribution >= 4 is 43.2 Å². The third kappa shape index (κ3) is 4.86. The van der Waals surface area contributed by atoms with Gasteiger partial charge in [-0.15, -0.1) is 0 Å². The normalized spacial score (nSPS) is 15.4. The zero-order valence-corrected chi connectivity index (χ0v) is 16.6. The smallest absolute Gasteiger partial charge is 0.261 e. The maximum atomic E-state index is 12.6. The van der Waals surface area contributed by atoms with Crippen molar-refractivity contribution < 1.29 is 13.2 Å². The van der Waals surface area contributed by atoms with Gasteiger partial charge in [0.05, 0.1) is 4.90 Å². The van der Waals surface area contributed by atoms with Crippen molar-refractivity contribution in [1.82, 2.24) is 0 Å². The van der Waals surface area contributed by atoms with Crippen LogP contribution in [0.2, 0.25) is 0 Å². The number of halogens is 1. The van der Waals surface area contributed by atoms with Crippen LogP contribution in [0.25, 0.3) is 0 Å². The number of carbonyl (C=O) groups excluding carboxylic acids is 1. The summed E-state index contributed by atoms with van der Waals surface area (Å²) in [7, 11) is -3.73. The van der Waals surface area contributed by atoms with E-state index in [0.29, 0.717) is 11.4 Å². The van der Waals surface area contributed by atoms with Crippen LogP contribution in [0.15, 0.2) is 57.9 Å². The maximum absolute atomic E-state index is 12.6. The maximum Gasteiger partial charge on any atom is 0.261 e. The molecule has 7 heteroatoms. The fourth-order valence-corrected chi connectivity index (χ4v) is 4.45. The molecule has 5 nitrogen and oxygen atoms in total. The standard InChI is InChI=1S/C19H21BrN2O3S/c20-15-9-11-16(12-10-15)22-26(24,25)18-8-4-7-17(13-18)21-19(23)14-5-2-1-3-6-14/h4,7-14,22H,1-3,5-6H2,(H,21,23). The van der Waals surface area contributed by atoms with Crippen LogP contribution in [0.5, 0.6) is 0 Å². The zero-order valence-electron chi connectivity index (χ0n) is 14.2. The molecule has 3 rings (SSSR count). The van der Waals surface area contributed by atoms with E-state index in [9.17, 15) is 13.2 Å². The summed E-state index contributed by atoms with van der Waals surface area (Å²) >= 11 is 3.32. The van der Waals surface area contributed by atoms with Gasteiger partial charge in [0.1, 0.15) is 0 Å². The lowest BCUT2D eigenvalue weighted by Gasteiger charge is -2.20. The van der Waals surface area contributed by atoms with Gasteiger partial charge in [-0.2, -0.15) is 0 Å². The van der Waals surface area contributed by atoms with Crippen LogP contribution >= 0.6 is 15.9 Å². The van der Waals surface area contributed by atoms with E-state index in [2.05, 4.69) is 26.0 Å². The van der Waals surface area contributed by atoms with Crippen LogP contribution < -0.4 is 10.0 Å². The Bertz CT molecular complexity index is 876.